The molecule has 46 heavy (non-hydrogen) atoms. The van der Waals surface area contributed by atoms with Gasteiger partial charge in [0.2, 0.25) is 0 Å². The van der Waals surface area contributed by atoms with Gasteiger partial charge in [0.15, 0.2) is 0 Å². The SMILES string of the molecule is CC(C)(C)OC(=O)N1CCCNCC1.Cc1cc2cccnc2c(Br)c1C.Cc1cc2cccnc2c(N2CCCCCC2)c1O. The number of anilines is 1. The monoisotopic (exact) mass is 691 g/mol. The predicted molar refractivity (Wildman–Crippen MR) is 193 cm³/mol. The van der Waals surface area contributed by atoms with Gasteiger partial charge in [0.25, 0.3) is 0 Å². The second kappa shape index (κ2) is 16.4. The molecule has 0 aliphatic carbocycles. The molecule has 2 aliphatic rings. The summed E-state index contributed by atoms with van der Waals surface area (Å²) in [5.41, 5.74) is 6.01. The Balaban J connectivity index is 0.000000161. The Bertz CT molecular complexity index is 1600. The average Bonchev–Trinajstić information content (AvgIpc) is 3.47. The molecule has 2 N–H and O–H groups in total. The first kappa shape index (κ1) is 35.4. The number of rotatable bonds is 1. The summed E-state index contributed by atoms with van der Waals surface area (Å²) in [6.07, 6.45) is 9.40. The predicted octanol–water partition coefficient (Wildman–Crippen LogP) is 8.46. The Morgan fingerprint density at radius 1 is 0.848 bits per heavy atom. The van der Waals surface area contributed by atoms with Gasteiger partial charge in [-0.1, -0.05) is 25.0 Å². The molecule has 4 aromatic rings. The second-order valence-electron chi connectivity index (χ2n) is 13.1. The number of fused-ring (bicyclic) bond motifs is 2. The van der Waals surface area contributed by atoms with Gasteiger partial charge in [0, 0.05) is 60.4 Å². The Morgan fingerprint density at radius 3 is 2.11 bits per heavy atom. The lowest BCUT2D eigenvalue weighted by Gasteiger charge is -2.26. The summed E-state index contributed by atoms with van der Waals surface area (Å²) in [4.78, 5) is 24.5. The van der Waals surface area contributed by atoms with Crippen molar-refractivity contribution in [2.24, 2.45) is 0 Å². The van der Waals surface area contributed by atoms with Crippen LogP contribution in [0.4, 0.5) is 10.5 Å². The van der Waals surface area contributed by atoms with Crippen molar-refractivity contribution in [1.29, 1.82) is 0 Å². The molecule has 9 heteroatoms. The van der Waals surface area contributed by atoms with Crippen LogP contribution in [0.3, 0.4) is 0 Å². The van der Waals surface area contributed by atoms with E-state index in [9.17, 15) is 9.90 Å². The van der Waals surface area contributed by atoms with Gasteiger partial charge in [-0.25, -0.2) is 4.79 Å². The molecule has 2 aromatic carbocycles. The van der Waals surface area contributed by atoms with E-state index in [1.807, 2.05) is 52.1 Å². The molecular weight excluding hydrogens is 642 g/mol. The van der Waals surface area contributed by atoms with Crippen molar-refractivity contribution < 1.29 is 14.6 Å². The zero-order chi connectivity index (χ0) is 33.3. The largest absolute Gasteiger partial charge is 0.505 e. The number of benzene rings is 2. The van der Waals surface area contributed by atoms with Crippen LogP contribution in [0.2, 0.25) is 0 Å². The summed E-state index contributed by atoms with van der Waals surface area (Å²) in [5.74, 6) is 0.396. The fraction of sp³-hybridized carbons (Fsp3) is 0.486. The molecule has 0 atom stereocenters. The standard InChI is InChI=1S/C16H20N2O.C11H10BrN.C10H20N2O2/c1-12-11-13-7-6-8-17-14(13)15(16(12)19)18-9-4-2-3-5-10-18;1-7-6-9-4-3-5-13-11(9)10(12)8(7)2;1-10(2,3)14-9(13)12-7-4-5-11-6-8-12/h6-8,11,19H,2-5,9-10H2,1H3;3-6H,1-2H3;11H,4-8H2,1-3H3. The molecule has 2 fully saturated rings. The van der Waals surface area contributed by atoms with Crippen LogP contribution in [-0.2, 0) is 4.74 Å². The average molecular weight is 693 g/mol. The van der Waals surface area contributed by atoms with E-state index < -0.39 is 5.60 Å². The molecule has 6 rings (SSSR count). The molecule has 248 valence electrons. The van der Waals surface area contributed by atoms with E-state index in [0.717, 1.165) is 77.8 Å². The zero-order valence-electron chi connectivity index (χ0n) is 28.3. The minimum Gasteiger partial charge on any atom is -0.505 e. The number of phenols is 1. The van der Waals surface area contributed by atoms with Crippen LogP contribution in [0.5, 0.6) is 5.75 Å². The summed E-state index contributed by atoms with van der Waals surface area (Å²) in [6, 6.07) is 12.2. The molecular formula is C37H50BrN5O3. The first-order valence-electron chi connectivity index (χ1n) is 16.5. The minimum absolute atomic E-state index is 0.193. The van der Waals surface area contributed by atoms with Crippen molar-refractivity contribution in [3.63, 3.8) is 0 Å². The lowest BCUT2D eigenvalue weighted by molar-refractivity contribution is 0.0262. The normalized spacial score (nSPS) is 15.6. The number of ether oxygens (including phenoxy) is 1. The highest BCUT2D eigenvalue weighted by molar-refractivity contribution is 9.10. The number of nitrogens with zero attached hydrogens (tertiary/aromatic N) is 4. The Kier molecular flexibility index (Phi) is 12.6. The molecule has 4 heterocycles. The van der Waals surface area contributed by atoms with Gasteiger partial charge in [0.1, 0.15) is 17.0 Å². The Hall–Kier alpha value is -3.43. The van der Waals surface area contributed by atoms with Crippen molar-refractivity contribution in [2.45, 2.75) is 79.2 Å². The number of carbonyl (C=O) groups excluding carboxylic acids is 1. The van der Waals surface area contributed by atoms with Gasteiger partial charge in [0.05, 0.1) is 11.0 Å². The first-order chi connectivity index (χ1) is 22.0. The third kappa shape index (κ3) is 9.55. The van der Waals surface area contributed by atoms with Crippen LogP contribution in [0.1, 0.15) is 69.6 Å². The molecule has 2 aliphatic heterocycles. The maximum absolute atomic E-state index is 11.6. The van der Waals surface area contributed by atoms with Crippen LogP contribution in [-0.4, -0.2) is 70.9 Å². The van der Waals surface area contributed by atoms with Crippen molar-refractivity contribution in [2.75, 3.05) is 44.2 Å². The van der Waals surface area contributed by atoms with E-state index in [2.05, 4.69) is 68.2 Å². The number of carbonyl (C=O) groups is 1. The lowest BCUT2D eigenvalue weighted by Crippen LogP contribution is -2.38. The summed E-state index contributed by atoms with van der Waals surface area (Å²) >= 11 is 3.57. The van der Waals surface area contributed by atoms with Crippen LogP contribution in [0, 0.1) is 20.8 Å². The molecule has 8 nitrogen and oxygen atoms in total. The van der Waals surface area contributed by atoms with Crippen LogP contribution >= 0.6 is 15.9 Å². The van der Waals surface area contributed by atoms with Gasteiger partial charge in [-0.05, 0) is 124 Å². The fourth-order valence-corrected chi connectivity index (χ4v) is 6.34. The van der Waals surface area contributed by atoms with Crippen LogP contribution in [0.15, 0.2) is 53.3 Å². The second-order valence-corrected chi connectivity index (χ2v) is 13.9. The Labute approximate surface area is 282 Å². The third-order valence-corrected chi connectivity index (χ3v) is 9.26. The molecule has 2 saturated heterocycles. The summed E-state index contributed by atoms with van der Waals surface area (Å²) in [7, 11) is 0. The number of aromatic nitrogens is 2. The number of aryl methyl sites for hydroxylation is 2. The molecule has 0 saturated carbocycles. The summed E-state index contributed by atoms with van der Waals surface area (Å²) < 4.78 is 6.41. The van der Waals surface area contributed by atoms with Gasteiger partial charge >= 0.3 is 6.09 Å². The molecule has 1 amide bonds. The maximum atomic E-state index is 11.6. The van der Waals surface area contributed by atoms with Crippen LogP contribution < -0.4 is 10.2 Å². The van der Waals surface area contributed by atoms with Crippen molar-refractivity contribution in [3.05, 3.63) is 70.0 Å². The number of phenolic OH excluding ortho intramolecular Hbond substituents is 1. The van der Waals surface area contributed by atoms with Crippen LogP contribution in [0.25, 0.3) is 21.8 Å². The summed E-state index contributed by atoms with van der Waals surface area (Å²) in [6.45, 7) is 17.3. The topological polar surface area (TPSA) is 90.8 Å². The minimum atomic E-state index is -0.392. The van der Waals surface area contributed by atoms with Gasteiger partial charge in [-0.3, -0.25) is 9.97 Å². The van der Waals surface area contributed by atoms with Crippen molar-refractivity contribution in [1.82, 2.24) is 20.2 Å². The number of aromatic hydroxyl groups is 1. The van der Waals surface area contributed by atoms with E-state index in [0.29, 0.717) is 5.75 Å². The van der Waals surface area contributed by atoms with E-state index >= 15 is 0 Å². The maximum Gasteiger partial charge on any atom is 0.410 e. The number of hydrogen-bond acceptors (Lipinski definition) is 7. The van der Waals surface area contributed by atoms with E-state index in [1.165, 1.54) is 42.2 Å². The highest BCUT2D eigenvalue weighted by Crippen LogP contribution is 2.38. The lowest BCUT2D eigenvalue weighted by atomic mass is 10.1. The number of nitrogens with one attached hydrogen (secondary N) is 1. The number of halogens is 1. The smallest absolute Gasteiger partial charge is 0.410 e. The molecule has 0 radical (unpaired) electrons. The zero-order valence-corrected chi connectivity index (χ0v) is 29.9. The molecule has 0 bridgehead atoms. The molecule has 2 aromatic heterocycles. The van der Waals surface area contributed by atoms with Gasteiger partial charge < -0.3 is 25.0 Å². The highest BCUT2D eigenvalue weighted by atomic mass is 79.9. The van der Waals surface area contributed by atoms with Gasteiger partial charge in [-0.15, -0.1) is 0 Å². The first-order valence-corrected chi connectivity index (χ1v) is 17.3. The van der Waals surface area contributed by atoms with Gasteiger partial charge in [-0.2, -0.15) is 0 Å². The molecule has 0 spiro atoms. The van der Waals surface area contributed by atoms with Crippen molar-refractivity contribution >= 4 is 49.5 Å². The number of amides is 1. The highest BCUT2D eigenvalue weighted by Gasteiger charge is 2.22. The van der Waals surface area contributed by atoms with E-state index in [1.54, 1.807) is 11.1 Å². The van der Waals surface area contributed by atoms with E-state index in [4.69, 9.17) is 4.74 Å². The molecule has 0 unspecified atom stereocenters. The number of pyridine rings is 2. The van der Waals surface area contributed by atoms with E-state index in [-0.39, 0.29) is 6.09 Å². The fourth-order valence-electron chi connectivity index (χ4n) is 5.69. The summed E-state index contributed by atoms with van der Waals surface area (Å²) in [5, 5.41) is 16.0. The van der Waals surface area contributed by atoms with Crippen molar-refractivity contribution in [3.8, 4) is 5.75 Å². The quantitative estimate of drug-likeness (QED) is 0.207. The third-order valence-electron chi connectivity index (χ3n) is 8.29. The number of hydrogen-bond donors (Lipinski definition) is 2. The Morgan fingerprint density at radius 2 is 1.46 bits per heavy atom.